The number of benzene rings is 2. The number of para-hydroxylation sites is 1. The van der Waals surface area contributed by atoms with Crippen molar-refractivity contribution in [2.24, 2.45) is 0 Å². The molecule has 0 aliphatic heterocycles. The van der Waals surface area contributed by atoms with Crippen molar-refractivity contribution in [3.8, 4) is 5.75 Å². The van der Waals surface area contributed by atoms with E-state index in [9.17, 15) is 4.79 Å². The fourth-order valence-electron chi connectivity index (χ4n) is 2.53. The van der Waals surface area contributed by atoms with E-state index < -0.39 is 0 Å². The van der Waals surface area contributed by atoms with Crippen LogP contribution < -0.4 is 9.64 Å². The molecule has 126 valence electrons. The van der Waals surface area contributed by atoms with Crippen LogP contribution in [0.25, 0.3) is 0 Å². The van der Waals surface area contributed by atoms with Crippen LogP contribution >= 0.6 is 11.6 Å². The molecule has 3 aromatic rings. The zero-order valence-corrected chi connectivity index (χ0v) is 14.5. The SMILES string of the molecule is COc1ccccc1C(=O)N(Cc1ccccc1Cl)c1ccccn1. The first-order chi connectivity index (χ1) is 12.2. The minimum atomic E-state index is -0.198. The number of hydrogen-bond donors (Lipinski definition) is 0. The molecule has 0 spiro atoms. The average Bonchev–Trinajstić information content (AvgIpc) is 2.67. The number of carbonyl (C=O) groups is 1. The fraction of sp³-hybridized carbons (Fsp3) is 0.100. The summed E-state index contributed by atoms with van der Waals surface area (Å²) >= 11 is 6.28. The maximum Gasteiger partial charge on any atom is 0.263 e. The molecule has 3 rings (SSSR count). The van der Waals surface area contributed by atoms with Crippen LogP contribution in [0.4, 0.5) is 5.82 Å². The van der Waals surface area contributed by atoms with Crippen LogP contribution in [0.3, 0.4) is 0 Å². The van der Waals surface area contributed by atoms with Gasteiger partial charge in [-0.1, -0.05) is 48.0 Å². The first kappa shape index (κ1) is 17.0. The topological polar surface area (TPSA) is 42.4 Å². The van der Waals surface area contributed by atoms with Crippen LogP contribution in [0.15, 0.2) is 72.9 Å². The second kappa shape index (κ2) is 7.81. The highest BCUT2D eigenvalue weighted by Crippen LogP contribution is 2.25. The lowest BCUT2D eigenvalue weighted by atomic mass is 10.1. The number of amides is 1. The van der Waals surface area contributed by atoms with Gasteiger partial charge in [-0.25, -0.2) is 4.98 Å². The molecule has 0 aliphatic rings. The quantitative estimate of drug-likeness (QED) is 0.674. The minimum Gasteiger partial charge on any atom is -0.496 e. The van der Waals surface area contributed by atoms with Gasteiger partial charge < -0.3 is 4.74 Å². The van der Waals surface area contributed by atoms with Gasteiger partial charge in [-0.3, -0.25) is 9.69 Å². The molecule has 1 aromatic heterocycles. The Bertz CT molecular complexity index is 868. The van der Waals surface area contributed by atoms with Gasteiger partial charge in [0.05, 0.1) is 19.2 Å². The van der Waals surface area contributed by atoms with Crippen molar-refractivity contribution < 1.29 is 9.53 Å². The molecular weight excluding hydrogens is 336 g/mol. The second-order valence-electron chi connectivity index (χ2n) is 5.37. The summed E-state index contributed by atoms with van der Waals surface area (Å²) in [6, 6.07) is 20.0. The molecular formula is C20H17ClN2O2. The molecule has 1 amide bonds. The van der Waals surface area contributed by atoms with Gasteiger partial charge in [0.15, 0.2) is 0 Å². The van der Waals surface area contributed by atoms with Crippen LogP contribution in [0.1, 0.15) is 15.9 Å². The van der Waals surface area contributed by atoms with E-state index in [1.54, 1.807) is 42.5 Å². The van der Waals surface area contributed by atoms with Gasteiger partial charge in [0, 0.05) is 11.2 Å². The van der Waals surface area contributed by atoms with Gasteiger partial charge in [-0.15, -0.1) is 0 Å². The Labute approximate surface area is 151 Å². The summed E-state index contributed by atoms with van der Waals surface area (Å²) in [7, 11) is 1.55. The van der Waals surface area contributed by atoms with Gasteiger partial charge in [-0.05, 0) is 35.9 Å². The van der Waals surface area contributed by atoms with Crippen LogP contribution in [-0.4, -0.2) is 18.0 Å². The highest BCUT2D eigenvalue weighted by molar-refractivity contribution is 6.31. The Balaban J connectivity index is 2.02. The normalized spacial score (nSPS) is 10.3. The summed E-state index contributed by atoms with van der Waals surface area (Å²) in [6.45, 7) is 0.313. The number of pyridine rings is 1. The van der Waals surface area contributed by atoms with Crippen molar-refractivity contribution in [3.63, 3.8) is 0 Å². The molecule has 0 N–H and O–H groups in total. The minimum absolute atomic E-state index is 0.198. The highest BCUT2D eigenvalue weighted by atomic mass is 35.5. The molecule has 1 heterocycles. The van der Waals surface area contributed by atoms with Crippen LogP contribution in [0.2, 0.25) is 5.02 Å². The second-order valence-corrected chi connectivity index (χ2v) is 5.78. The molecule has 0 radical (unpaired) electrons. The van der Waals surface area contributed by atoms with E-state index in [1.807, 2.05) is 42.5 Å². The summed E-state index contributed by atoms with van der Waals surface area (Å²) in [5, 5.41) is 0.608. The zero-order chi connectivity index (χ0) is 17.6. The number of rotatable bonds is 5. The predicted octanol–water partition coefficient (Wildman–Crippen LogP) is 4.59. The van der Waals surface area contributed by atoms with E-state index in [2.05, 4.69) is 4.98 Å². The Morgan fingerprint density at radius 2 is 1.76 bits per heavy atom. The molecule has 2 aromatic carbocycles. The standard InChI is InChI=1S/C20H17ClN2O2/c1-25-18-11-5-3-9-16(18)20(24)23(19-12-6-7-13-22-19)14-15-8-2-4-10-17(15)21/h2-13H,14H2,1H3. The number of methoxy groups -OCH3 is 1. The molecule has 5 heteroatoms. The van der Waals surface area contributed by atoms with E-state index in [4.69, 9.17) is 16.3 Å². The third-order valence-electron chi connectivity index (χ3n) is 3.79. The summed E-state index contributed by atoms with van der Waals surface area (Å²) in [5.74, 6) is 0.877. The molecule has 25 heavy (non-hydrogen) atoms. The largest absolute Gasteiger partial charge is 0.496 e. The van der Waals surface area contributed by atoms with Crippen molar-refractivity contribution in [2.75, 3.05) is 12.0 Å². The Morgan fingerprint density at radius 3 is 2.48 bits per heavy atom. The number of nitrogens with zero attached hydrogens (tertiary/aromatic N) is 2. The Morgan fingerprint density at radius 1 is 1.04 bits per heavy atom. The Kier molecular flexibility index (Phi) is 5.31. The number of anilines is 1. The van der Waals surface area contributed by atoms with Gasteiger partial charge in [0.1, 0.15) is 11.6 Å². The van der Waals surface area contributed by atoms with Crippen molar-refractivity contribution in [2.45, 2.75) is 6.54 Å². The van der Waals surface area contributed by atoms with Crippen molar-refractivity contribution in [1.82, 2.24) is 4.98 Å². The number of carbonyl (C=O) groups excluding carboxylic acids is 1. The maximum atomic E-state index is 13.2. The monoisotopic (exact) mass is 352 g/mol. The third kappa shape index (κ3) is 3.80. The van der Waals surface area contributed by atoms with Gasteiger partial charge >= 0.3 is 0 Å². The molecule has 0 saturated carbocycles. The Hall–Kier alpha value is -2.85. The predicted molar refractivity (Wildman–Crippen MR) is 99.2 cm³/mol. The lowest BCUT2D eigenvalue weighted by Gasteiger charge is -2.23. The number of ether oxygens (including phenoxy) is 1. The fourth-order valence-corrected chi connectivity index (χ4v) is 2.73. The van der Waals surface area contributed by atoms with E-state index in [0.29, 0.717) is 28.7 Å². The lowest BCUT2D eigenvalue weighted by Crippen LogP contribution is -2.31. The molecule has 0 unspecified atom stereocenters. The summed E-state index contributed by atoms with van der Waals surface area (Å²) in [4.78, 5) is 19.1. The molecule has 0 aliphatic carbocycles. The highest BCUT2D eigenvalue weighted by Gasteiger charge is 2.22. The van der Waals surface area contributed by atoms with E-state index >= 15 is 0 Å². The zero-order valence-electron chi connectivity index (χ0n) is 13.7. The number of halogens is 1. The first-order valence-corrected chi connectivity index (χ1v) is 8.18. The van der Waals surface area contributed by atoms with Crippen LogP contribution in [0, 0.1) is 0 Å². The molecule has 4 nitrogen and oxygen atoms in total. The van der Waals surface area contributed by atoms with Gasteiger partial charge in [0.2, 0.25) is 0 Å². The van der Waals surface area contributed by atoms with Crippen LogP contribution in [-0.2, 0) is 6.54 Å². The molecule has 0 bridgehead atoms. The smallest absolute Gasteiger partial charge is 0.263 e. The summed E-state index contributed by atoms with van der Waals surface area (Å²) < 4.78 is 5.33. The molecule has 0 saturated heterocycles. The summed E-state index contributed by atoms with van der Waals surface area (Å²) in [5.41, 5.74) is 1.32. The van der Waals surface area contributed by atoms with E-state index in [-0.39, 0.29) is 5.91 Å². The molecule has 0 atom stereocenters. The maximum absolute atomic E-state index is 13.2. The lowest BCUT2D eigenvalue weighted by molar-refractivity contribution is 0.0981. The number of aromatic nitrogens is 1. The first-order valence-electron chi connectivity index (χ1n) is 7.80. The third-order valence-corrected chi connectivity index (χ3v) is 4.16. The van der Waals surface area contributed by atoms with Gasteiger partial charge in [-0.2, -0.15) is 0 Å². The average molecular weight is 353 g/mol. The van der Waals surface area contributed by atoms with Crippen LogP contribution in [0.5, 0.6) is 5.75 Å². The van der Waals surface area contributed by atoms with E-state index in [0.717, 1.165) is 5.56 Å². The van der Waals surface area contributed by atoms with Crippen molar-refractivity contribution in [1.29, 1.82) is 0 Å². The van der Waals surface area contributed by atoms with Gasteiger partial charge in [0.25, 0.3) is 5.91 Å². The van der Waals surface area contributed by atoms with Crippen molar-refractivity contribution >= 4 is 23.3 Å². The van der Waals surface area contributed by atoms with E-state index in [1.165, 1.54) is 0 Å². The molecule has 0 fully saturated rings. The summed E-state index contributed by atoms with van der Waals surface area (Å²) in [6.07, 6.45) is 1.66. The van der Waals surface area contributed by atoms with Crippen molar-refractivity contribution in [3.05, 3.63) is 89.1 Å². The number of hydrogen-bond acceptors (Lipinski definition) is 3.